The number of para-hydroxylation sites is 2. The zero-order valence-electron chi connectivity index (χ0n) is 20.6. The number of carbonyl (C=O) groups excluding carboxylic acids is 1. The quantitative estimate of drug-likeness (QED) is 0.502. The lowest BCUT2D eigenvalue weighted by Crippen LogP contribution is -2.50. The fourth-order valence-electron chi connectivity index (χ4n) is 6.28. The molecule has 0 saturated heterocycles. The molecule has 34 heavy (non-hydrogen) atoms. The Morgan fingerprint density at radius 1 is 0.794 bits per heavy atom. The van der Waals surface area contributed by atoms with Crippen LogP contribution in [0.25, 0.3) is 0 Å². The molecule has 0 aromatic heterocycles. The van der Waals surface area contributed by atoms with Crippen LogP contribution in [-0.4, -0.2) is 54.0 Å². The van der Waals surface area contributed by atoms with Gasteiger partial charge in [-0.3, -0.25) is 19.5 Å². The molecule has 1 amide bonds. The van der Waals surface area contributed by atoms with E-state index in [4.69, 9.17) is 0 Å². The number of likely N-dealkylation sites (N-methyl/N-ethyl adjacent to an activating group) is 2. The van der Waals surface area contributed by atoms with E-state index >= 15 is 0 Å². The van der Waals surface area contributed by atoms with Gasteiger partial charge in [-0.2, -0.15) is 0 Å². The van der Waals surface area contributed by atoms with Crippen LogP contribution in [-0.2, 0) is 10.2 Å². The highest BCUT2D eigenvalue weighted by Gasteiger charge is 2.53. The fourth-order valence-corrected chi connectivity index (χ4v) is 6.28. The van der Waals surface area contributed by atoms with Crippen molar-refractivity contribution in [1.29, 1.82) is 0 Å². The van der Waals surface area contributed by atoms with Gasteiger partial charge in [0.15, 0.2) is 0 Å². The van der Waals surface area contributed by atoms with E-state index in [2.05, 4.69) is 84.3 Å². The first kappa shape index (κ1) is 23.1. The molecule has 3 aliphatic heterocycles. The molecule has 2 aromatic rings. The Morgan fingerprint density at radius 2 is 1.35 bits per heavy atom. The monoisotopic (exact) mass is 455 g/mol. The van der Waals surface area contributed by atoms with E-state index in [1.807, 2.05) is 23.1 Å². The molecule has 0 radical (unpaired) electrons. The number of benzene rings is 2. The van der Waals surface area contributed by atoms with E-state index < -0.39 is 5.41 Å². The number of anilines is 2. The van der Waals surface area contributed by atoms with Gasteiger partial charge in [0.25, 0.3) is 0 Å². The first-order chi connectivity index (χ1) is 16.7. The maximum absolute atomic E-state index is 14.7. The summed E-state index contributed by atoms with van der Waals surface area (Å²) in [6.07, 6.45) is 13.1. The number of hydrogen-bond acceptors (Lipinski definition) is 3. The van der Waals surface area contributed by atoms with E-state index in [0.717, 1.165) is 63.2 Å². The standard InChI is InChI=1S/C30H37N3O/c1-3-31-20-12-10-16-25(31)22-30(23-26-17-11-13-21-32(26)4-2)27-18-8-9-19-28(27)33(29(30)34)24-14-6-5-7-15-24/h5-11,14-19,25-26H,3-4,12-13,20-23H2,1-2H3. The van der Waals surface area contributed by atoms with Crippen molar-refractivity contribution in [3.05, 3.63) is 84.5 Å². The molecule has 3 heterocycles. The molecule has 0 N–H and O–H groups in total. The van der Waals surface area contributed by atoms with Crippen LogP contribution >= 0.6 is 0 Å². The molecule has 0 bridgehead atoms. The predicted molar refractivity (Wildman–Crippen MR) is 141 cm³/mol. The Balaban J connectivity index is 1.63. The Kier molecular flexibility index (Phi) is 6.71. The molecule has 2 unspecified atom stereocenters. The third kappa shape index (κ3) is 4.03. The second-order valence-corrected chi connectivity index (χ2v) is 9.81. The normalized spacial score (nSPS) is 27.4. The third-order valence-electron chi connectivity index (χ3n) is 8.04. The number of hydrogen-bond donors (Lipinski definition) is 0. The number of rotatable bonds is 7. The second-order valence-electron chi connectivity index (χ2n) is 9.81. The minimum Gasteiger partial charge on any atom is -0.297 e. The molecule has 0 spiro atoms. The van der Waals surface area contributed by atoms with Crippen molar-refractivity contribution >= 4 is 17.3 Å². The molecule has 0 fully saturated rings. The number of carbonyl (C=O) groups is 1. The van der Waals surface area contributed by atoms with Crippen LogP contribution < -0.4 is 4.90 Å². The summed E-state index contributed by atoms with van der Waals surface area (Å²) in [7, 11) is 0. The number of nitrogens with zero attached hydrogens (tertiary/aromatic N) is 3. The van der Waals surface area contributed by atoms with Gasteiger partial charge in [0.05, 0.1) is 11.1 Å². The van der Waals surface area contributed by atoms with E-state index in [1.54, 1.807) is 0 Å². The zero-order chi connectivity index (χ0) is 23.5. The lowest BCUT2D eigenvalue weighted by molar-refractivity contribution is -0.124. The summed E-state index contributed by atoms with van der Waals surface area (Å²) in [6, 6.07) is 19.2. The Bertz CT molecular complexity index is 1030. The average molecular weight is 456 g/mol. The molecule has 4 nitrogen and oxygen atoms in total. The van der Waals surface area contributed by atoms with E-state index in [-0.39, 0.29) is 18.0 Å². The van der Waals surface area contributed by atoms with Gasteiger partial charge in [-0.1, -0.05) is 74.5 Å². The van der Waals surface area contributed by atoms with Crippen molar-refractivity contribution in [1.82, 2.24) is 9.80 Å². The summed E-state index contributed by atoms with van der Waals surface area (Å²) in [5.41, 5.74) is 2.63. The number of fused-ring (bicyclic) bond motifs is 1. The minimum atomic E-state index is -0.564. The van der Waals surface area contributed by atoms with Crippen LogP contribution in [0.2, 0.25) is 0 Å². The van der Waals surface area contributed by atoms with Crippen LogP contribution in [0.3, 0.4) is 0 Å². The van der Waals surface area contributed by atoms with Gasteiger partial charge in [0.1, 0.15) is 0 Å². The van der Waals surface area contributed by atoms with Crippen LogP contribution in [0, 0.1) is 0 Å². The summed E-state index contributed by atoms with van der Waals surface area (Å²) in [5.74, 6) is 0.227. The molecule has 3 aliphatic rings. The van der Waals surface area contributed by atoms with Gasteiger partial charge < -0.3 is 0 Å². The van der Waals surface area contributed by atoms with Crippen molar-refractivity contribution in [3.63, 3.8) is 0 Å². The third-order valence-corrected chi connectivity index (χ3v) is 8.04. The molecular formula is C30H37N3O. The van der Waals surface area contributed by atoms with E-state index in [9.17, 15) is 4.79 Å². The maximum atomic E-state index is 14.7. The van der Waals surface area contributed by atoms with Crippen molar-refractivity contribution < 1.29 is 4.79 Å². The predicted octanol–water partition coefficient (Wildman–Crippen LogP) is 5.68. The molecular weight excluding hydrogens is 418 g/mol. The summed E-state index contributed by atoms with van der Waals surface area (Å²) < 4.78 is 0. The molecule has 0 saturated carbocycles. The molecule has 4 heteroatoms. The highest BCUT2D eigenvalue weighted by atomic mass is 16.2. The second kappa shape index (κ2) is 9.89. The topological polar surface area (TPSA) is 26.8 Å². The first-order valence-electron chi connectivity index (χ1n) is 13.0. The summed E-state index contributed by atoms with van der Waals surface area (Å²) in [4.78, 5) is 21.7. The van der Waals surface area contributed by atoms with Gasteiger partial charge in [-0.25, -0.2) is 0 Å². The largest absolute Gasteiger partial charge is 0.297 e. The van der Waals surface area contributed by atoms with Crippen LogP contribution in [0.5, 0.6) is 0 Å². The van der Waals surface area contributed by atoms with Gasteiger partial charge in [0.2, 0.25) is 5.91 Å². The SMILES string of the molecule is CCN1CCC=CC1CC1(CC2C=CCCN2CC)C(=O)N(c2ccccc2)c2ccccc21. The van der Waals surface area contributed by atoms with Gasteiger partial charge in [-0.05, 0) is 62.5 Å². The Labute approximate surface area is 204 Å². The summed E-state index contributed by atoms with van der Waals surface area (Å²) >= 11 is 0. The molecule has 2 atom stereocenters. The number of amides is 1. The zero-order valence-corrected chi connectivity index (χ0v) is 20.6. The molecule has 0 aliphatic carbocycles. The van der Waals surface area contributed by atoms with E-state index in [0.29, 0.717) is 0 Å². The lowest BCUT2D eigenvalue weighted by atomic mass is 9.70. The van der Waals surface area contributed by atoms with Crippen molar-refractivity contribution in [3.8, 4) is 0 Å². The summed E-state index contributed by atoms with van der Waals surface area (Å²) in [6.45, 7) is 8.62. The fraction of sp³-hybridized carbons (Fsp3) is 0.433. The van der Waals surface area contributed by atoms with E-state index in [1.165, 1.54) is 5.56 Å². The smallest absolute Gasteiger partial charge is 0.242 e. The Hall–Kier alpha value is -2.69. The average Bonchev–Trinajstić information content (AvgIpc) is 3.12. The highest BCUT2D eigenvalue weighted by Crippen LogP contribution is 2.51. The van der Waals surface area contributed by atoms with Gasteiger partial charge >= 0.3 is 0 Å². The molecule has 5 rings (SSSR count). The van der Waals surface area contributed by atoms with Crippen LogP contribution in [0.4, 0.5) is 11.4 Å². The van der Waals surface area contributed by atoms with Crippen LogP contribution in [0.15, 0.2) is 78.9 Å². The Morgan fingerprint density at radius 3 is 1.94 bits per heavy atom. The summed E-state index contributed by atoms with van der Waals surface area (Å²) in [5, 5.41) is 0. The maximum Gasteiger partial charge on any atom is 0.242 e. The van der Waals surface area contributed by atoms with Crippen molar-refractivity contribution in [2.24, 2.45) is 0 Å². The van der Waals surface area contributed by atoms with Crippen LogP contribution in [0.1, 0.15) is 45.1 Å². The minimum absolute atomic E-state index is 0.227. The van der Waals surface area contributed by atoms with Crippen molar-refractivity contribution in [2.75, 3.05) is 31.1 Å². The lowest BCUT2D eigenvalue weighted by Gasteiger charge is -2.42. The first-order valence-corrected chi connectivity index (χ1v) is 13.0. The molecule has 178 valence electrons. The van der Waals surface area contributed by atoms with Gasteiger partial charge in [0, 0.05) is 30.9 Å². The van der Waals surface area contributed by atoms with Crippen molar-refractivity contribution in [2.45, 2.75) is 57.0 Å². The highest BCUT2D eigenvalue weighted by molar-refractivity contribution is 6.13. The molecule has 2 aromatic carbocycles. The van der Waals surface area contributed by atoms with Gasteiger partial charge in [-0.15, -0.1) is 0 Å².